The molecule has 0 aliphatic rings. The highest BCUT2D eigenvalue weighted by Crippen LogP contribution is 2.28. The fourth-order valence-electron chi connectivity index (χ4n) is 1.33. The lowest BCUT2D eigenvalue weighted by Gasteiger charge is -2.10. The molecule has 1 rings (SSSR count). The van der Waals surface area contributed by atoms with Crippen molar-refractivity contribution in [3.63, 3.8) is 0 Å². The monoisotopic (exact) mass is 251 g/mol. The van der Waals surface area contributed by atoms with Gasteiger partial charge in [0.15, 0.2) is 11.5 Å². The van der Waals surface area contributed by atoms with E-state index in [1.807, 2.05) is 6.92 Å². The van der Waals surface area contributed by atoms with Gasteiger partial charge in [-0.05, 0) is 30.2 Å². The van der Waals surface area contributed by atoms with Crippen LogP contribution in [-0.2, 0) is 4.79 Å². The zero-order valence-corrected chi connectivity index (χ0v) is 10.5. The van der Waals surface area contributed by atoms with Crippen molar-refractivity contribution >= 4 is 12.0 Å². The van der Waals surface area contributed by atoms with Gasteiger partial charge >= 0.3 is 0 Å². The molecule has 1 aromatic carbocycles. The Hall–Kier alpha value is -2.01. The van der Waals surface area contributed by atoms with E-state index in [4.69, 9.17) is 14.7 Å². The van der Waals surface area contributed by atoms with E-state index in [2.05, 4.69) is 0 Å². The Labute approximate surface area is 106 Å². The molecular formula is C13H17NO4. The molecule has 0 unspecified atom stereocenters. The fraction of sp³-hybridized carbons (Fsp3) is 0.308. The summed E-state index contributed by atoms with van der Waals surface area (Å²) in [6, 6.07) is 5.34. The number of benzene rings is 1. The second kappa shape index (κ2) is 7.34. The van der Waals surface area contributed by atoms with Crippen molar-refractivity contribution < 1.29 is 19.5 Å². The Balaban J connectivity index is 2.84. The first-order valence-electron chi connectivity index (χ1n) is 5.64. The number of nitrogens with one attached hydrogen (secondary N) is 1. The van der Waals surface area contributed by atoms with Gasteiger partial charge < -0.3 is 9.47 Å². The molecule has 0 heterocycles. The summed E-state index contributed by atoms with van der Waals surface area (Å²) in [5.74, 6) is 0.693. The standard InChI is InChI=1S/C13H17NO4/c1-3-8-18-11-6-4-10(9-12(11)17-2)5-7-13(15)14-16/h4-7,9,16H,3,8H2,1-2H3,(H,14,15). The van der Waals surface area contributed by atoms with Crippen molar-refractivity contribution in [3.8, 4) is 11.5 Å². The number of methoxy groups -OCH3 is 1. The number of hydroxylamine groups is 1. The first kappa shape index (κ1) is 14.1. The number of carbonyl (C=O) groups excluding carboxylic acids is 1. The summed E-state index contributed by atoms with van der Waals surface area (Å²) in [5, 5.41) is 8.36. The van der Waals surface area contributed by atoms with Crippen LogP contribution in [0.5, 0.6) is 11.5 Å². The Bertz CT molecular complexity index is 429. The largest absolute Gasteiger partial charge is 0.493 e. The average Bonchev–Trinajstić information content (AvgIpc) is 2.42. The van der Waals surface area contributed by atoms with Crippen molar-refractivity contribution in [1.82, 2.24) is 5.48 Å². The van der Waals surface area contributed by atoms with Crippen molar-refractivity contribution in [3.05, 3.63) is 29.8 Å². The predicted molar refractivity (Wildman–Crippen MR) is 67.7 cm³/mol. The lowest BCUT2D eigenvalue weighted by molar-refractivity contribution is -0.124. The first-order valence-corrected chi connectivity index (χ1v) is 5.64. The molecule has 0 spiro atoms. The molecule has 0 aliphatic heterocycles. The van der Waals surface area contributed by atoms with Crippen molar-refractivity contribution in [1.29, 1.82) is 0 Å². The fourth-order valence-corrected chi connectivity index (χ4v) is 1.33. The van der Waals surface area contributed by atoms with Crippen LogP contribution in [0.1, 0.15) is 18.9 Å². The maximum absolute atomic E-state index is 10.8. The second-order valence-electron chi connectivity index (χ2n) is 3.57. The summed E-state index contributed by atoms with van der Waals surface area (Å²) in [4.78, 5) is 10.8. The van der Waals surface area contributed by atoms with Crippen LogP contribution in [0.15, 0.2) is 24.3 Å². The minimum absolute atomic E-state index is 0.583. The Morgan fingerprint density at radius 2 is 2.22 bits per heavy atom. The van der Waals surface area contributed by atoms with Gasteiger partial charge in [-0.2, -0.15) is 0 Å². The Morgan fingerprint density at radius 3 is 2.83 bits per heavy atom. The van der Waals surface area contributed by atoms with Gasteiger partial charge in [-0.15, -0.1) is 0 Å². The normalized spacial score (nSPS) is 10.4. The van der Waals surface area contributed by atoms with E-state index in [-0.39, 0.29) is 0 Å². The van der Waals surface area contributed by atoms with Gasteiger partial charge in [0.2, 0.25) is 0 Å². The van der Waals surface area contributed by atoms with Gasteiger partial charge in [0, 0.05) is 6.08 Å². The molecule has 0 radical (unpaired) electrons. The van der Waals surface area contributed by atoms with Crippen LogP contribution in [0.4, 0.5) is 0 Å². The molecule has 5 nitrogen and oxygen atoms in total. The van der Waals surface area contributed by atoms with Crippen LogP contribution in [0, 0.1) is 0 Å². The summed E-state index contributed by atoms with van der Waals surface area (Å²) < 4.78 is 10.7. The maximum Gasteiger partial charge on any atom is 0.267 e. The van der Waals surface area contributed by atoms with Gasteiger partial charge in [-0.1, -0.05) is 13.0 Å². The van der Waals surface area contributed by atoms with Crippen molar-refractivity contribution in [2.75, 3.05) is 13.7 Å². The van der Waals surface area contributed by atoms with Crippen LogP contribution >= 0.6 is 0 Å². The third-order valence-electron chi connectivity index (χ3n) is 2.19. The molecule has 0 bridgehead atoms. The zero-order valence-electron chi connectivity index (χ0n) is 10.5. The molecule has 0 aromatic heterocycles. The minimum Gasteiger partial charge on any atom is -0.493 e. The van der Waals surface area contributed by atoms with E-state index in [0.29, 0.717) is 18.1 Å². The Morgan fingerprint density at radius 1 is 1.44 bits per heavy atom. The van der Waals surface area contributed by atoms with Crippen LogP contribution in [0.3, 0.4) is 0 Å². The molecule has 0 aliphatic carbocycles. The highest BCUT2D eigenvalue weighted by molar-refractivity contribution is 5.90. The van der Waals surface area contributed by atoms with E-state index < -0.39 is 5.91 Å². The molecule has 0 fully saturated rings. The topological polar surface area (TPSA) is 67.8 Å². The van der Waals surface area contributed by atoms with E-state index in [1.54, 1.807) is 31.4 Å². The molecule has 0 atom stereocenters. The van der Waals surface area contributed by atoms with Gasteiger partial charge in [-0.3, -0.25) is 10.0 Å². The molecule has 2 N–H and O–H groups in total. The summed E-state index contributed by atoms with van der Waals surface area (Å²) in [6.07, 6.45) is 3.71. The molecule has 98 valence electrons. The lowest BCUT2D eigenvalue weighted by atomic mass is 10.2. The third kappa shape index (κ3) is 4.10. The first-order chi connectivity index (χ1) is 8.71. The number of amides is 1. The quantitative estimate of drug-likeness (QED) is 0.461. The van der Waals surface area contributed by atoms with Gasteiger partial charge in [0.25, 0.3) is 5.91 Å². The second-order valence-corrected chi connectivity index (χ2v) is 3.57. The zero-order chi connectivity index (χ0) is 13.4. The minimum atomic E-state index is -0.583. The predicted octanol–water partition coefficient (Wildman–Crippen LogP) is 2.00. The summed E-state index contributed by atoms with van der Waals surface area (Å²) in [5.41, 5.74) is 2.30. The van der Waals surface area contributed by atoms with Gasteiger partial charge in [0.1, 0.15) is 0 Å². The third-order valence-corrected chi connectivity index (χ3v) is 2.19. The highest BCUT2D eigenvalue weighted by atomic mass is 16.5. The molecule has 0 saturated carbocycles. The smallest absolute Gasteiger partial charge is 0.267 e. The number of ether oxygens (including phenoxy) is 2. The SMILES string of the molecule is CCCOc1ccc(C=CC(=O)NO)cc1OC. The summed E-state index contributed by atoms with van der Waals surface area (Å²) >= 11 is 0. The molecule has 1 amide bonds. The molecule has 0 saturated heterocycles. The van der Waals surface area contributed by atoms with Crippen molar-refractivity contribution in [2.24, 2.45) is 0 Å². The number of hydrogen-bond acceptors (Lipinski definition) is 4. The van der Waals surface area contributed by atoms with E-state index in [9.17, 15) is 4.79 Å². The molecular weight excluding hydrogens is 234 g/mol. The molecule has 1 aromatic rings. The van der Waals surface area contributed by atoms with E-state index >= 15 is 0 Å². The maximum atomic E-state index is 10.8. The number of hydrogen-bond donors (Lipinski definition) is 2. The van der Waals surface area contributed by atoms with E-state index in [0.717, 1.165) is 12.0 Å². The lowest BCUT2D eigenvalue weighted by Crippen LogP contribution is -2.14. The number of carbonyl (C=O) groups is 1. The summed E-state index contributed by atoms with van der Waals surface area (Å²) in [6.45, 7) is 2.65. The van der Waals surface area contributed by atoms with Crippen LogP contribution in [0.25, 0.3) is 6.08 Å². The van der Waals surface area contributed by atoms with Crippen LogP contribution in [0.2, 0.25) is 0 Å². The van der Waals surface area contributed by atoms with Crippen LogP contribution < -0.4 is 15.0 Å². The average molecular weight is 251 g/mol. The molecule has 18 heavy (non-hydrogen) atoms. The van der Waals surface area contributed by atoms with Gasteiger partial charge in [0.05, 0.1) is 13.7 Å². The van der Waals surface area contributed by atoms with Crippen LogP contribution in [-0.4, -0.2) is 24.8 Å². The summed E-state index contributed by atoms with van der Waals surface area (Å²) in [7, 11) is 1.56. The highest BCUT2D eigenvalue weighted by Gasteiger charge is 2.04. The van der Waals surface area contributed by atoms with E-state index in [1.165, 1.54) is 11.6 Å². The van der Waals surface area contributed by atoms with Crippen molar-refractivity contribution in [2.45, 2.75) is 13.3 Å². The number of rotatable bonds is 6. The molecule has 5 heteroatoms. The Kier molecular flexibility index (Phi) is 5.73. The van der Waals surface area contributed by atoms with Gasteiger partial charge in [-0.25, -0.2) is 5.48 Å².